The molecule has 1 aromatic rings. The number of amides is 1. The fourth-order valence-electron chi connectivity index (χ4n) is 2.28. The standard InChI is InChI=1S/C14H18BrClN2O/c1-11-3-2-4-12(13(11)15)14(19)18-9-7-17(6-5-16)8-10-18/h2-4H,5-10H2,1H3. The van der Waals surface area contributed by atoms with Gasteiger partial charge in [0, 0.05) is 43.1 Å². The van der Waals surface area contributed by atoms with Crippen molar-refractivity contribution < 1.29 is 4.79 Å². The summed E-state index contributed by atoms with van der Waals surface area (Å²) in [4.78, 5) is 16.7. The second-order valence-corrected chi connectivity index (χ2v) is 5.93. The molecule has 5 heteroatoms. The average molecular weight is 346 g/mol. The molecule has 1 heterocycles. The van der Waals surface area contributed by atoms with Gasteiger partial charge in [-0.05, 0) is 34.5 Å². The molecule has 1 aliphatic heterocycles. The molecule has 1 amide bonds. The van der Waals surface area contributed by atoms with E-state index in [4.69, 9.17) is 11.6 Å². The number of aryl methyl sites for hydroxylation is 1. The van der Waals surface area contributed by atoms with Crippen LogP contribution in [0.15, 0.2) is 22.7 Å². The molecule has 0 N–H and O–H groups in total. The number of hydrogen-bond donors (Lipinski definition) is 0. The highest BCUT2D eigenvalue weighted by atomic mass is 79.9. The number of alkyl halides is 1. The van der Waals surface area contributed by atoms with Crippen molar-refractivity contribution in [2.45, 2.75) is 6.92 Å². The lowest BCUT2D eigenvalue weighted by molar-refractivity contribution is 0.0643. The third-order valence-corrected chi connectivity index (χ3v) is 4.70. The van der Waals surface area contributed by atoms with Crippen LogP contribution in [0.4, 0.5) is 0 Å². The van der Waals surface area contributed by atoms with E-state index in [2.05, 4.69) is 20.8 Å². The van der Waals surface area contributed by atoms with Crippen LogP contribution in [0.25, 0.3) is 0 Å². The fourth-order valence-corrected chi connectivity index (χ4v) is 2.95. The van der Waals surface area contributed by atoms with E-state index in [1.54, 1.807) is 0 Å². The van der Waals surface area contributed by atoms with E-state index in [1.807, 2.05) is 30.0 Å². The number of carbonyl (C=O) groups is 1. The minimum absolute atomic E-state index is 0.112. The maximum Gasteiger partial charge on any atom is 0.255 e. The normalized spacial score (nSPS) is 16.7. The van der Waals surface area contributed by atoms with Gasteiger partial charge in [-0.1, -0.05) is 12.1 Å². The molecule has 104 valence electrons. The van der Waals surface area contributed by atoms with Crippen LogP contribution in [0.5, 0.6) is 0 Å². The van der Waals surface area contributed by atoms with Crippen molar-refractivity contribution in [2.24, 2.45) is 0 Å². The Balaban J connectivity index is 2.03. The monoisotopic (exact) mass is 344 g/mol. The lowest BCUT2D eigenvalue weighted by Gasteiger charge is -2.34. The molecule has 0 bridgehead atoms. The molecule has 3 nitrogen and oxygen atoms in total. The average Bonchev–Trinajstić information content (AvgIpc) is 2.42. The van der Waals surface area contributed by atoms with E-state index in [0.717, 1.165) is 48.3 Å². The summed E-state index contributed by atoms with van der Waals surface area (Å²) in [6.07, 6.45) is 0. The molecule has 0 aromatic heterocycles. The van der Waals surface area contributed by atoms with Gasteiger partial charge in [0.15, 0.2) is 0 Å². The number of hydrogen-bond acceptors (Lipinski definition) is 2. The first-order chi connectivity index (χ1) is 9.13. The van der Waals surface area contributed by atoms with E-state index >= 15 is 0 Å². The summed E-state index contributed by atoms with van der Waals surface area (Å²) in [6.45, 7) is 6.26. The van der Waals surface area contributed by atoms with Gasteiger partial charge in [0.25, 0.3) is 5.91 Å². The van der Waals surface area contributed by atoms with E-state index < -0.39 is 0 Å². The number of carbonyl (C=O) groups excluding carboxylic acids is 1. The maximum absolute atomic E-state index is 12.5. The second-order valence-electron chi connectivity index (χ2n) is 4.76. The van der Waals surface area contributed by atoms with Gasteiger partial charge in [-0.2, -0.15) is 0 Å². The Bertz CT molecular complexity index is 459. The molecule has 2 rings (SSSR count). The molecule has 0 unspecified atom stereocenters. The first kappa shape index (κ1) is 14.8. The summed E-state index contributed by atoms with van der Waals surface area (Å²) in [5.41, 5.74) is 1.84. The highest BCUT2D eigenvalue weighted by Crippen LogP contribution is 2.22. The van der Waals surface area contributed by atoms with Gasteiger partial charge in [-0.3, -0.25) is 9.69 Å². The number of halogens is 2. The van der Waals surface area contributed by atoms with Crippen molar-refractivity contribution in [1.82, 2.24) is 9.80 Å². The lowest BCUT2D eigenvalue weighted by Crippen LogP contribution is -2.49. The molecule has 0 saturated carbocycles. The lowest BCUT2D eigenvalue weighted by atomic mass is 10.1. The molecule has 0 spiro atoms. The Morgan fingerprint density at radius 3 is 2.63 bits per heavy atom. The van der Waals surface area contributed by atoms with Gasteiger partial charge in [0.2, 0.25) is 0 Å². The van der Waals surface area contributed by atoms with Gasteiger partial charge in [-0.25, -0.2) is 0 Å². The van der Waals surface area contributed by atoms with Crippen LogP contribution in [0.2, 0.25) is 0 Å². The van der Waals surface area contributed by atoms with Crippen molar-refractivity contribution in [3.05, 3.63) is 33.8 Å². The predicted octanol–water partition coefficient (Wildman–Crippen LogP) is 2.75. The molecular formula is C14H18BrClN2O. The summed E-state index contributed by atoms with van der Waals surface area (Å²) in [6, 6.07) is 5.81. The SMILES string of the molecule is Cc1cccc(C(=O)N2CCN(CCCl)CC2)c1Br. The van der Waals surface area contributed by atoms with Crippen LogP contribution in [0.3, 0.4) is 0 Å². The third kappa shape index (κ3) is 3.50. The van der Waals surface area contributed by atoms with E-state index in [9.17, 15) is 4.79 Å². The van der Waals surface area contributed by atoms with Gasteiger partial charge in [-0.15, -0.1) is 11.6 Å². The number of rotatable bonds is 3. The minimum Gasteiger partial charge on any atom is -0.336 e. The molecule has 0 radical (unpaired) electrons. The van der Waals surface area contributed by atoms with Crippen LogP contribution in [-0.2, 0) is 0 Å². The summed E-state index contributed by atoms with van der Waals surface area (Å²) in [5.74, 6) is 0.762. The first-order valence-electron chi connectivity index (χ1n) is 6.46. The largest absolute Gasteiger partial charge is 0.336 e. The van der Waals surface area contributed by atoms with Crippen molar-refractivity contribution in [3.63, 3.8) is 0 Å². The molecule has 19 heavy (non-hydrogen) atoms. The van der Waals surface area contributed by atoms with E-state index in [1.165, 1.54) is 0 Å². The smallest absolute Gasteiger partial charge is 0.255 e. The molecule has 1 aromatic carbocycles. The van der Waals surface area contributed by atoms with Crippen LogP contribution < -0.4 is 0 Å². The van der Waals surface area contributed by atoms with Crippen molar-refractivity contribution >= 4 is 33.4 Å². The maximum atomic E-state index is 12.5. The zero-order valence-corrected chi connectivity index (χ0v) is 13.4. The quantitative estimate of drug-likeness (QED) is 0.787. The van der Waals surface area contributed by atoms with Gasteiger partial charge < -0.3 is 4.90 Å². The number of benzene rings is 1. The molecular weight excluding hydrogens is 328 g/mol. The van der Waals surface area contributed by atoms with Crippen LogP contribution in [0, 0.1) is 6.92 Å². The van der Waals surface area contributed by atoms with Crippen molar-refractivity contribution in [3.8, 4) is 0 Å². The molecule has 1 saturated heterocycles. The first-order valence-corrected chi connectivity index (χ1v) is 7.79. The minimum atomic E-state index is 0.112. The van der Waals surface area contributed by atoms with Crippen LogP contribution in [0.1, 0.15) is 15.9 Å². The highest BCUT2D eigenvalue weighted by Gasteiger charge is 2.23. The van der Waals surface area contributed by atoms with Gasteiger partial charge in [0.05, 0.1) is 5.56 Å². The Hall–Kier alpha value is -0.580. The summed E-state index contributed by atoms with van der Waals surface area (Å²) >= 11 is 9.25. The topological polar surface area (TPSA) is 23.6 Å². The number of piperazine rings is 1. The fraction of sp³-hybridized carbons (Fsp3) is 0.500. The Labute approximate surface area is 127 Å². The second kappa shape index (κ2) is 6.73. The molecule has 1 aliphatic rings. The molecule has 0 atom stereocenters. The van der Waals surface area contributed by atoms with E-state index in [0.29, 0.717) is 5.88 Å². The van der Waals surface area contributed by atoms with Crippen molar-refractivity contribution in [2.75, 3.05) is 38.6 Å². The van der Waals surface area contributed by atoms with E-state index in [-0.39, 0.29) is 5.91 Å². The highest BCUT2D eigenvalue weighted by molar-refractivity contribution is 9.10. The Morgan fingerprint density at radius 1 is 1.32 bits per heavy atom. The summed E-state index contributed by atoms with van der Waals surface area (Å²) in [5, 5.41) is 0. The van der Waals surface area contributed by atoms with Gasteiger partial charge >= 0.3 is 0 Å². The van der Waals surface area contributed by atoms with Gasteiger partial charge in [0.1, 0.15) is 0 Å². The third-order valence-electron chi connectivity index (χ3n) is 3.48. The zero-order chi connectivity index (χ0) is 13.8. The predicted molar refractivity (Wildman–Crippen MR) is 81.9 cm³/mol. The van der Waals surface area contributed by atoms with Crippen molar-refractivity contribution in [1.29, 1.82) is 0 Å². The summed E-state index contributed by atoms with van der Waals surface area (Å²) < 4.78 is 0.906. The number of nitrogens with zero attached hydrogens (tertiary/aromatic N) is 2. The molecule has 1 fully saturated rings. The zero-order valence-electron chi connectivity index (χ0n) is 11.0. The van der Waals surface area contributed by atoms with Crippen LogP contribution in [-0.4, -0.2) is 54.3 Å². The Morgan fingerprint density at radius 2 is 2.00 bits per heavy atom. The Kier molecular flexibility index (Phi) is 5.25. The summed E-state index contributed by atoms with van der Waals surface area (Å²) in [7, 11) is 0. The molecule has 0 aliphatic carbocycles. The van der Waals surface area contributed by atoms with Crippen LogP contribution >= 0.6 is 27.5 Å².